The van der Waals surface area contributed by atoms with E-state index in [4.69, 9.17) is 9.47 Å². The van der Waals surface area contributed by atoms with Crippen LogP contribution in [-0.4, -0.2) is 54.3 Å². The summed E-state index contributed by atoms with van der Waals surface area (Å²) >= 11 is 0. The fraction of sp³-hybridized carbons (Fsp3) is 0.476. The normalized spacial score (nSPS) is 28.4. The highest BCUT2D eigenvalue weighted by Gasteiger charge is 2.60. The molecule has 1 spiro atoms. The van der Waals surface area contributed by atoms with Gasteiger partial charge in [-0.1, -0.05) is 30.3 Å². The van der Waals surface area contributed by atoms with Crippen LogP contribution in [-0.2, 0) is 16.1 Å². The lowest BCUT2D eigenvalue weighted by Crippen LogP contribution is -2.56. The summed E-state index contributed by atoms with van der Waals surface area (Å²) in [5.74, 6) is 1.15. The average Bonchev–Trinajstić information content (AvgIpc) is 3.15. The highest BCUT2D eigenvalue weighted by molar-refractivity contribution is 5.88. The van der Waals surface area contributed by atoms with E-state index in [2.05, 4.69) is 35.2 Å². The summed E-state index contributed by atoms with van der Waals surface area (Å²) in [5, 5.41) is 2.44. The van der Waals surface area contributed by atoms with Crippen LogP contribution in [0.15, 0.2) is 36.4 Å². The number of hydrogen-bond acceptors (Lipinski definition) is 4. The summed E-state index contributed by atoms with van der Waals surface area (Å²) in [6.07, 6.45) is 2.40. The molecule has 0 unspecified atom stereocenters. The van der Waals surface area contributed by atoms with Gasteiger partial charge in [-0.2, -0.15) is 0 Å². The van der Waals surface area contributed by atoms with E-state index in [0.29, 0.717) is 6.42 Å². The molecule has 2 aromatic rings. The van der Waals surface area contributed by atoms with Crippen molar-refractivity contribution in [3.63, 3.8) is 0 Å². The number of benzene rings is 2. The van der Waals surface area contributed by atoms with E-state index in [-0.39, 0.29) is 11.9 Å². The van der Waals surface area contributed by atoms with Gasteiger partial charge in [0.15, 0.2) is 5.72 Å². The van der Waals surface area contributed by atoms with Crippen molar-refractivity contribution in [2.45, 2.75) is 37.6 Å². The number of likely N-dealkylation sites (tertiary alicyclic amines) is 1. The van der Waals surface area contributed by atoms with Crippen LogP contribution in [0.3, 0.4) is 0 Å². The molecule has 3 aliphatic heterocycles. The van der Waals surface area contributed by atoms with Gasteiger partial charge in [-0.25, -0.2) is 0 Å². The van der Waals surface area contributed by atoms with Gasteiger partial charge >= 0.3 is 0 Å². The minimum atomic E-state index is -0.396. The van der Waals surface area contributed by atoms with Crippen LogP contribution in [0.2, 0.25) is 0 Å². The maximum Gasteiger partial charge on any atom is 0.226 e. The molecule has 0 aromatic heterocycles. The molecule has 0 radical (unpaired) electrons. The molecule has 2 aromatic carbocycles. The Morgan fingerprint density at radius 3 is 3.00 bits per heavy atom. The van der Waals surface area contributed by atoms with E-state index in [0.717, 1.165) is 44.8 Å². The van der Waals surface area contributed by atoms with Gasteiger partial charge in [0.05, 0.1) is 19.8 Å². The maximum absolute atomic E-state index is 12.5. The van der Waals surface area contributed by atoms with Crippen LogP contribution in [0, 0.1) is 0 Å². The lowest BCUT2D eigenvalue weighted by molar-refractivity contribution is -0.180. The predicted octanol–water partition coefficient (Wildman–Crippen LogP) is 2.77. The minimum Gasteiger partial charge on any atom is -0.496 e. The summed E-state index contributed by atoms with van der Waals surface area (Å²) in [4.78, 5) is 17.0. The number of carbonyl (C=O) groups is 1. The fourth-order valence-electron chi connectivity index (χ4n) is 5.10. The van der Waals surface area contributed by atoms with Gasteiger partial charge in [-0.05, 0) is 23.3 Å². The summed E-state index contributed by atoms with van der Waals surface area (Å²) in [6, 6.07) is 12.7. The topological polar surface area (TPSA) is 42.0 Å². The number of methoxy groups -OCH3 is 1. The first kappa shape index (κ1) is 16.1. The molecule has 5 nitrogen and oxygen atoms in total. The summed E-state index contributed by atoms with van der Waals surface area (Å²) in [6.45, 7) is 3.31. The molecule has 3 saturated heterocycles. The van der Waals surface area contributed by atoms with Crippen LogP contribution in [0.5, 0.6) is 5.75 Å². The van der Waals surface area contributed by atoms with Crippen molar-refractivity contribution in [1.82, 2.24) is 9.80 Å². The van der Waals surface area contributed by atoms with Gasteiger partial charge in [0.25, 0.3) is 0 Å². The van der Waals surface area contributed by atoms with Gasteiger partial charge in [0.1, 0.15) is 5.75 Å². The van der Waals surface area contributed by atoms with Crippen molar-refractivity contribution in [1.29, 1.82) is 0 Å². The molecule has 3 heterocycles. The smallest absolute Gasteiger partial charge is 0.226 e. The third-order valence-corrected chi connectivity index (χ3v) is 6.30. The molecule has 1 amide bonds. The highest BCUT2D eigenvalue weighted by Crippen LogP contribution is 2.46. The molecule has 5 rings (SSSR count). The van der Waals surface area contributed by atoms with Crippen LogP contribution >= 0.6 is 0 Å². The SMILES string of the molecule is COc1ccc2ccccc2c1CN1CC[C@@]23OCCCN2C(=O)C[C@@H]13. The Morgan fingerprint density at radius 1 is 1.23 bits per heavy atom. The Hall–Kier alpha value is -2.11. The van der Waals surface area contributed by atoms with Crippen molar-refractivity contribution in [2.24, 2.45) is 0 Å². The number of fused-ring (bicyclic) bond motifs is 1. The van der Waals surface area contributed by atoms with E-state index < -0.39 is 5.72 Å². The first-order valence-electron chi connectivity index (χ1n) is 9.46. The molecular weight excluding hydrogens is 328 g/mol. The van der Waals surface area contributed by atoms with E-state index in [1.165, 1.54) is 16.3 Å². The molecule has 0 bridgehead atoms. The number of nitrogens with zero attached hydrogens (tertiary/aromatic N) is 2. The Balaban J connectivity index is 1.51. The molecule has 0 saturated carbocycles. The third-order valence-electron chi connectivity index (χ3n) is 6.30. The zero-order chi connectivity index (χ0) is 17.7. The Labute approximate surface area is 153 Å². The van der Waals surface area contributed by atoms with Gasteiger partial charge in [0, 0.05) is 38.0 Å². The summed E-state index contributed by atoms with van der Waals surface area (Å²) < 4.78 is 11.9. The molecule has 0 N–H and O–H groups in total. The molecule has 2 atom stereocenters. The molecule has 5 heteroatoms. The summed E-state index contributed by atoms with van der Waals surface area (Å²) in [5.41, 5.74) is 0.803. The zero-order valence-corrected chi connectivity index (χ0v) is 15.1. The fourth-order valence-corrected chi connectivity index (χ4v) is 5.10. The van der Waals surface area contributed by atoms with Gasteiger partial charge in [-0.15, -0.1) is 0 Å². The van der Waals surface area contributed by atoms with Gasteiger partial charge in [-0.3, -0.25) is 9.69 Å². The third kappa shape index (κ3) is 2.20. The second-order valence-corrected chi connectivity index (χ2v) is 7.50. The molecular formula is C21H24N2O3. The Kier molecular flexibility index (Phi) is 3.69. The second kappa shape index (κ2) is 5.96. The minimum absolute atomic E-state index is 0.138. The lowest BCUT2D eigenvalue weighted by atomic mass is 10.0. The van der Waals surface area contributed by atoms with E-state index in [1.807, 2.05) is 11.0 Å². The van der Waals surface area contributed by atoms with E-state index in [9.17, 15) is 4.79 Å². The summed E-state index contributed by atoms with van der Waals surface area (Å²) in [7, 11) is 1.73. The van der Waals surface area contributed by atoms with Gasteiger partial charge < -0.3 is 14.4 Å². The molecule has 26 heavy (non-hydrogen) atoms. The number of rotatable bonds is 3. The van der Waals surface area contributed by atoms with Crippen molar-refractivity contribution in [2.75, 3.05) is 26.8 Å². The quantitative estimate of drug-likeness (QED) is 0.852. The van der Waals surface area contributed by atoms with Crippen molar-refractivity contribution < 1.29 is 14.3 Å². The Bertz CT molecular complexity index is 867. The Morgan fingerprint density at radius 2 is 2.12 bits per heavy atom. The number of hydrogen-bond donors (Lipinski definition) is 0. The van der Waals surface area contributed by atoms with Crippen molar-refractivity contribution in [3.05, 3.63) is 42.0 Å². The van der Waals surface area contributed by atoms with Crippen LogP contribution in [0.25, 0.3) is 10.8 Å². The maximum atomic E-state index is 12.5. The molecule has 3 fully saturated rings. The molecule has 0 aliphatic carbocycles. The van der Waals surface area contributed by atoms with E-state index in [1.54, 1.807) is 7.11 Å². The van der Waals surface area contributed by atoms with Crippen molar-refractivity contribution in [3.8, 4) is 5.75 Å². The second-order valence-electron chi connectivity index (χ2n) is 7.50. The van der Waals surface area contributed by atoms with Gasteiger partial charge in [0.2, 0.25) is 5.91 Å². The van der Waals surface area contributed by atoms with Crippen LogP contribution in [0.4, 0.5) is 0 Å². The molecule has 136 valence electrons. The number of ether oxygens (including phenoxy) is 2. The van der Waals surface area contributed by atoms with Crippen LogP contribution < -0.4 is 4.74 Å². The van der Waals surface area contributed by atoms with Crippen LogP contribution in [0.1, 0.15) is 24.8 Å². The first-order chi connectivity index (χ1) is 12.7. The lowest BCUT2D eigenvalue weighted by Gasteiger charge is -2.42. The van der Waals surface area contributed by atoms with E-state index >= 15 is 0 Å². The predicted molar refractivity (Wildman–Crippen MR) is 98.9 cm³/mol. The highest BCUT2D eigenvalue weighted by atomic mass is 16.5. The number of amides is 1. The average molecular weight is 352 g/mol. The standard InChI is InChI=1S/C21H24N2O3/c1-25-18-8-7-15-5-2-3-6-16(15)17(18)14-22-11-9-21-19(22)13-20(24)23(21)10-4-12-26-21/h2-3,5-8,19H,4,9-14H2,1H3/t19-,21+/m1/s1. The van der Waals surface area contributed by atoms with Crippen molar-refractivity contribution >= 4 is 16.7 Å². The number of carbonyl (C=O) groups excluding carboxylic acids is 1. The first-order valence-corrected chi connectivity index (χ1v) is 9.46. The monoisotopic (exact) mass is 352 g/mol. The largest absolute Gasteiger partial charge is 0.496 e. The molecule has 3 aliphatic rings. The zero-order valence-electron chi connectivity index (χ0n) is 15.1.